The van der Waals surface area contributed by atoms with Crippen molar-refractivity contribution >= 4 is 17.7 Å². The zero-order valence-electron chi connectivity index (χ0n) is 12.9. The van der Waals surface area contributed by atoms with Crippen LogP contribution in [0.2, 0.25) is 0 Å². The van der Waals surface area contributed by atoms with Crippen LogP contribution in [0.25, 0.3) is 5.69 Å². The molecule has 9 heteroatoms. The Morgan fingerprint density at radius 3 is 2.96 bits per heavy atom. The zero-order valence-corrected chi connectivity index (χ0v) is 13.7. The highest BCUT2D eigenvalue weighted by molar-refractivity contribution is 7.99. The molecule has 0 atom stereocenters. The van der Waals surface area contributed by atoms with Gasteiger partial charge in [0.1, 0.15) is 17.2 Å². The van der Waals surface area contributed by atoms with Gasteiger partial charge in [-0.2, -0.15) is 4.68 Å². The van der Waals surface area contributed by atoms with Gasteiger partial charge in [-0.1, -0.05) is 17.8 Å². The summed E-state index contributed by atoms with van der Waals surface area (Å²) in [5, 5.41) is 14.7. The minimum atomic E-state index is -0.123. The minimum absolute atomic E-state index is 0.123. The van der Waals surface area contributed by atoms with Crippen LogP contribution in [0.5, 0.6) is 11.5 Å². The number of benzene rings is 1. The Hall–Kier alpha value is -2.55. The highest BCUT2D eigenvalue weighted by atomic mass is 32.2. The molecule has 0 saturated heterocycles. The van der Waals surface area contributed by atoms with Crippen molar-refractivity contribution in [2.75, 3.05) is 26.5 Å². The standard InChI is InChI=1S/C14H17N5O3S/c1-4-7-15-13(20)9-23-14-16-17-18-19(14)11-8-10(21-2)5-6-12(11)22-3/h4-6,8H,1,7,9H2,2-3H3,(H,15,20). The third kappa shape index (κ3) is 4.22. The molecule has 8 nitrogen and oxygen atoms in total. The Balaban J connectivity index is 2.20. The normalized spacial score (nSPS) is 10.2. The van der Waals surface area contributed by atoms with E-state index in [1.54, 1.807) is 38.5 Å². The Morgan fingerprint density at radius 1 is 1.43 bits per heavy atom. The van der Waals surface area contributed by atoms with Gasteiger partial charge in [-0.15, -0.1) is 11.7 Å². The third-order valence-corrected chi connectivity index (χ3v) is 3.75. The second kappa shape index (κ2) is 8.18. The first-order chi connectivity index (χ1) is 11.2. The number of tetrazole rings is 1. The fourth-order valence-corrected chi connectivity index (χ4v) is 2.46. The number of aromatic nitrogens is 4. The molecule has 1 N–H and O–H groups in total. The van der Waals surface area contributed by atoms with Gasteiger partial charge in [0, 0.05) is 12.6 Å². The molecule has 0 aliphatic carbocycles. The predicted octanol–water partition coefficient (Wildman–Crippen LogP) is 1.07. The molecule has 122 valence electrons. The lowest BCUT2D eigenvalue weighted by Gasteiger charge is -2.11. The summed E-state index contributed by atoms with van der Waals surface area (Å²) in [6, 6.07) is 5.31. The van der Waals surface area contributed by atoms with Gasteiger partial charge in [0.15, 0.2) is 0 Å². The quantitative estimate of drug-likeness (QED) is 0.570. The highest BCUT2D eigenvalue weighted by Gasteiger charge is 2.15. The van der Waals surface area contributed by atoms with Crippen LogP contribution in [0.4, 0.5) is 0 Å². The van der Waals surface area contributed by atoms with E-state index in [2.05, 4.69) is 27.4 Å². The lowest BCUT2D eigenvalue weighted by Crippen LogP contribution is -2.25. The van der Waals surface area contributed by atoms with Crippen LogP contribution < -0.4 is 14.8 Å². The molecule has 1 amide bonds. The van der Waals surface area contributed by atoms with Crippen LogP contribution in [0.3, 0.4) is 0 Å². The van der Waals surface area contributed by atoms with E-state index in [4.69, 9.17) is 9.47 Å². The monoisotopic (exact) mass is 335 g/mol. The smallest absolute Gasteiger partial charge is 0.230 e. The maximum Gasteiger partial charge on any atom is 0.230 e. The van der Waals surface area contributed by atoms with Crippen molar-refractivity contribution in [3.63, 3.8) is 0 Å². The van der Waals surface area contributed by atoms with Crippen molar-refractivity contribution in [3.05, 3.63) is 30.9 Å². The van der Waals surface area contributed by atoms with Gasteiger partial charge < -0.3 is 14.8 Å². The average molecular weight is 335 g/mol. The average Bonchev–Trinajstić information content (AvgIpc) is 3.05. The molecule has 2 rings (SSSR count). The van der Waals surface area contributed by atoms with Crippen molar-refractivity contribution in [3.8, 4) is 17.2 Å². The molecule has 0 radical (unpaired) electrons. The summed E-state index contributed by atoms with van der Waals surface area (Å²) >= 11 is 1.22. The van der Waals surface area contributed by atoms with E-state index >= 15 is 0 Å². The van der Waals surface area contributed by atoms with Crippen LogP contribution in [0.1, 0.15) is 0 Å². The van der Waals surface area contributed by atoms with Crippen LogP contribution in [-0.2, 0) is 4.79 Å². The first-order valence-electron chi connectivity index (χ1n) is 6.70. The number of carbonyl (C=O) groups excluding carboxylic acids is 1. The van der Waals surface area contributed by atoms with Crippen LogP contribution >= 0.6 is 11.8 Å². The summed E-state index contributed by atoms with van der Waals surface area (Å²) in [6.45, 7) is 3.97. The van der Waals surface area contributed by atoms with Crippen molar-refractivity contribution in [1.29, 1.82) is 0 Å². The van der Waals surface area contributed by atoms with Gasteiger partial charge in [-0.25, -0.2) is 0 Å². The molecule has 0 bridgehead atoms. The van der Waals surface area contributed by atoms with E-state index in [1.807, 2.05) is 0 Å². The van der Waals surface area contributed by atoms with Gasteiger partial charge in [0.2, 0.25) is 11.1 Å². The van der Waals surface area contributed by atoms with Gasteiger partial charge >= 0.3 is 0 Å². The van der Waals surface area contributed by atoms with E-state index in [-0.39, 0.29) is 11.7 Å². The molecule has 0 aliphatic heterocycles. The van der Waals surface area contributed by atoms with Crippen LogP contribution in [0, 0.1) is 0 Å². The van der Waals surface area contributed by atoms with Gasteiger partial charge in [-0.05, 0) is 22.6 Å². The first-order valence-corrected chi connectivity index (χ1v) is 7.69. The topological polar surface area (TPSA) is 91.2 Å². The molecule has 2 aromatic rings. The summed E-state index contributed by atoms with van der Waals surface area (Å²) < 4.78 is 12.1. The van der Waals surface area contributed by atoms with Gasteiger partial charge in [0.25, 0.3) is 0 Å². The molecule has 0 unspecified atom stereocenters. The van der Waals surface area contributed by atoms with Crippen molar-refractivity contribution in [2.45, 2.75) is 5.16 Å². The van der Waals surface area contributed by atoms with Crippen LogP contribution in [-0.4, -0.2) is 52.6 Å². The van der Waals surface area contributed by atoms with Crippen molar-refractivity contribution in [1.82, 2.24) is 25.5 Å². The molecule has 0 spiro atoms. The SMILES string of the molecule is C=CCNC(=O)CSc1nnnn1-c1cc(OC)ccc1OC. The largest absolute Gasteiger partial charge is 0.497 e. The number of thioether (sulfide) groups is 1. The fourth-order valence-electron chi connectivity index (χ4n) is 1.75. The number of rotatable bonds is 8. The Bertz CT molecular complexity index is 689. The summed E-state index contributed by atoms with van der Waals surface area (Å²) in [5.74, 6) is 1.31. The molecule has 23 heavy (non-hydrogen) atoms. The Morgan fingerprint density at radius 2 is 2.26 bits per heavy atom. The number of amides is 1. The number of nitrogens with zero attached hydrogens (tertiary/aromatic N) is 4. The van der Waals surface area contributed by atoms with Gasteiger partial charge in [0.05, 0.1) is 20.0 Å². The molecule has 0 aliphatic rings. The molecule has 1 aromatic carbocycles. The molecular weight excluding hydrogens is 318 g/mol. The number of ether oxygens (including phenoxy) is 2. The lowest BCUT2D eigenvalue weighted by atomic mass is 10.3. The maximum atomic E-state index is 11.7. The van der Waals surface area contributed by atoms with Crippen molar-refractivity contribution in [2.24, 2.45) is 0 Å². The maximum absolute atomic E-state index is 11.7. The highest BCUT2D eigenvalue weighted by Crippen LogP contribution is 2.29. The fraction of sp³-hybridized carbons (Fsp3) is 0.286. The summed E-state index contributed by atoms with van der Waals surface area (Å²) in [5.41, 5.74) is 0.630. The number of hydrogen-bond donors (Lipinski definition) is 1. The van der Waals surface area contributed by atoms with E-state index < -0.39 is 0 Å². The number of methoxy groups -OCH3 is 2. The minimum Gasteiger partial charge on any atom is -0.497 e. The summed E-state index contributed by atoms with van der Waals surface area (Å²) in [4.78, 5) is 11.7. The van der Waals surface area contributed by atoms with E-state index in [9.17, 15) is 4.79 Å². The lowest BCUT2D eigenvalue weighted by molar-refractivity contribution is -0.118. The number of hydrogen-bond acceptors (Lipinski definition) is 7. The first kappa shape index (κ1) is 16.8. The zero-order chi connectivity index (χ0) is 16.7. The molecule has 0 saturated carbocycles. The molecular formula is C14H17N5O3S. The molecule has 1 heterocycles. The molecule has 0 fully saturated rings. The summed E-state index contributed by atoms with van der Waals surface area (Å²) in [6.07, 6.45) is 1.62. The van der Waals surface area contributed by atoms with Crippen LogP contribution in [0.15, 0.2) is 36.0 Å². The number of carbonyl (C=O) groups is 1. The second-order valence-corrected chi connectivity index (χ2v) is 5.23. The van der Waals surface area contributed by atoms with Gasteiger partial charge in [-0.3, -0.25) is 4.79 Å². The molecule has 1 aromatic heterocycles. The van der Waals surface area contributed by atoms with E-state index in [0.29, 0.717) is 28.9 Å². The Kier molecular flexibility index (Phi) is 5.98. The Labute approximate surface area is 137 Å². The second-order valence-electron chi connectivity index (χ2n) is 4.29. The van der Waals surface area contributed by atoms with E-state index in [1.165, 1.54) is 16.4 Å². The summed E-state index contributed by atoms with van der Waals surface area (Å²) in [7, 11) is 3.13. The third-order valence-electron chi connectivity index (χ3n) is 2.83. The predicted molar refractivity (Wildman–Crippen MR) is 86.2 cm³/mol. The number of nitrogens with one attached hydrogen (secondary N) is 1. The van der Waals surface area contributed by atoms with Crippen molar-refractivity contribution < 1.29 is 14.3 Å². The van der Waals surface area contributed by atoms with E-state index in [0.717, 1.165) is 0 Å².